The number of unbranched alkanes of at least 4 members (excludes halogenated alkanes) is 1. The normalized spacial score (nSPS) is 15.3. The zero-order valence-corrected chi connectivity index (χ0v) is 13.8. The standard InChI is InChI=1S/C14H31B2NO2/c1-6-8-10-14(5,19)17(16-15)11-12(18)13(3,4)9-7-2/h16,19H,6-11,15H2,1-5H3. The van der Waals surface area contributed by atoms with E-state index in [0.717, 1.165) is 32.1 Å². The van der Waals surface area contributed by atoms with E-state index in [2.05, 4.69) is 13.8 Å². The number of rotatable bonds is 10. The second kappa shape index (κ2) is 8.11. The molecule has 19 heavy (non-hydrogen) atoms. The molecular formula is C14H31B2NO2. The van der Waals surface area contributed by atoms with Crippen molar-refractivity contribution in [3.8, 4) is 0 Å². The predicted octanol–water partition coefficient (Wildman–Crippen LogP) is 1.48. The molecule has 1 N–H and O–H groups in total. The average molecular weight is 267 g/mol. The highest BCUT2D eigenvalue weighted by Gasteiger charge is 2.33. The van der Waals surface area contributed by atoms with Gasteiger partial charge in [-0.05, 0) is 26.2 Å². The van der Waals surface area contributed by atoms with Gasteiger partial charge in [0.25, 0.3) is 0 Å². The number of hydrogen-bond acceptors (Lipinski definition) is 3. The van der Waals surface area contributed by atoms with Gasteiger partial charge in [0.15, 0.2) is 13.1 Å². The van der Waals surface area contributed by atoms with Crippen molar-refractivity contribution in [3.05, 3.63) is 0 Å². The third-order valence-electron chi connectivity index (χ3n) is 4.03. The molecule has 0 saturated carbocycles. The molecule has 1 unspecified atom stereocenters. The molecule has 5 heteroatoms. The summed E-state index contributed by atoms with van der Waals surface area (Å²) >= 11 is 0. The maximum atomic E-state index is 12.4. The summed E-state index contributed by atoms with van der Waals surface area (Å²) < 4.78 is 0. The fraction of sp³-hybridized carbons (Fsp3) is 0.929. The highest BCUT2D eigenvalue weighted by molar-refractivity contribution is 6.87. The van der Waals surface area contributed by atoms with Gasteiger partial charge in [-0.15, -0.1) is 0 Å². The van der Waals surface area contributed by atoms with Crippen LogP contribution in [0.3, 0.4) is 0 Å². The monoisotopic (exact) mass is 267 g/mol. The molecule has 0 fully saturated rings. The lowest BCUT2D eigenvalue weighted by molar-refractivity contribution is -0.133. The highest BCUT2D eigenvalue weighted by atomic mass is 16.3. The van der Waals surface area contributed by atoms with Crippen LogP contribution in [0.15, 0.2) is 0 Å². The Labute approximate surface area is 120 Å². The topological polar surface area (TPSA) is 40.5 Å². The fourth-order valence-corrected chi connectivity index (χ4v) is 2.44. The molecule has 0 aromatic heterocycles. The number of hydrogen-bond donors (Lipinski definition) is 1. The molecule has 0 radical (unpaired) electrons. The zero-order chi connectivity index (χ0) is 15.1. The quantitative estimate of drug-likeness (QED) is 0.481. The van der Waals surface area contributed by atoms with E-state index in [-0.39, 0.29) is 11.2 Å². The molecule has 0 saturated heterocycles. The third-order valence-corrected chi connectivity index (χ3v) is 4.03. The molecule has 0 heterocycles. The van der Waals surface area contributed by atoms with Crippen LogP contribution < -0.4 is 0 Å². The SMILES string of the molecule is BBN(CC(=O)C(C)(C)CCC)C(C)(O)CCCC. The first-order valence-corrected chi connectivity index (χ1v) is 7.72. The molecule has 0 aliphatic rings. The Kier molecular flexibility index (Phi) is 7.99. The third kappa shape index (κ3) is 6.13. The molecule has 0 bridgehead atoms. The van der Waals surface area contributed by atoms with Crippen molar-refractivity contribution in [2.75, 3.05) is 6.54 Å². The van der Waals surface area contributed by atoms with E-state index in [4.69, 9.17) is 0 Å². The first kappa shape index (κ1) is 18.7. The number of ketones is 1. The molecule has 0 aliphatic heterocycles. The molecule has 1 atom stereocenters. The first-order valence-electron chi connectivity index (χ1n) is 7.72. The number of carbonyl (C=O) groups is 1. The maximum absolute atomic E-state index is 12.4. The van der Waals surface area contributed by atoms with Crippen molar-refractivity contribution in [3.63, 3.8) is 0 Å². The van der Waals surface area contributed by atoms with Crippen molar-refractivity contribution in [2.24, 2.45) is 5.41 Å². The lowest BCUT2D eigenvalue weighted by Crippen LogP contribution is -2.52. The van der Waals surface area contributed by atoms with Gasteiger partial charge in [0.2, 0.25) is 0 Å². The van der Waals surface area contributed by atoms with Gasteiger partial charge >= 0.3 is 0 Å². The summed E-state index contributed by atoms with van der Waals surface area (Å²) in [5.41, 5.74) is -1.16. The molecule has 0 aromatic rings. The van der Waals surface area contributed by atoms with Gasteiger partial charge in [0.1, 0.15) is 5.72 Å². The van der Waals surface area contributed by atoms with Crippen LogP contribution in [0.5, 0.6) is 0 Å². The van der Waals surface area contributed by atoms with E-state index >= 15 is 0 Å². The van der Waals surface area contributed by atoms with Crippen molar-refractivity contribution in [2.45, 2.75) is 72.4 Å². The van der Waals surface area contributed by atoms with E-state index in [1.807, 2.05) is 33.3 Å². The summed E-state index contributed by atoms with van der Waals surface area (Å²) in [5, 5.41) is 10.5. The second-order valence-electron chi connectivity index (χ2n) is 6.39. The highest BCUT2D eigenvalue weighted by Crippen LogP contribution is 2.26. The molecule has 110 valence electrons. The molecule has 0 spiro atoms. The Morgan fingerprint density at radius 2 is 1.79 bits per heavy atom. The van der Waals surface area contributed by atoms with Crippen molar-refractivity contribution in [1.29, 1.82) is 0 Å². The van der Waals surface area contributed by atoms with Crippen LogP contribution in [-0.2, 0) is 4.79 Å². The minimum absolute atomic E-state index is 0.230. The molecular weight excluding hydrogens is 236 g/mol. The summed E-state index contributed by atoms with van der Waals surface area (Å²) in [5.74, 6) is 0.230. The minimum atomic E-state index is -0.872. The Morgan fingerprint density at radius 3 is 2.21 bits per heavy atom. The molecule has 3 nitrogen and oxygen atoms in total. The van der Waals surface area contributed by atoms with Gasteiger partial charge in [-0.3, -0.25) is 4.79 Å². The number of aliphatic hydroxyl groups is 1. The largest absolute Gasteiger partial charge is 0.377 e. The van der Waals surface area contributed by atoms with Crippen molar-refractivity contribution < 1.29 is 9.90 Å². The number of carbonyl (C=O) groups excluding carboxylic acids is 1. The van der Waals surface area contributed by atoms with Crippen LogP contribution in [0.2, 0.25) is 0 Å². The maximum Gasteiger partial charge on any atom is 0.165 e. The minimum Gasteiger partial charge on any atom is -0.377 e. The zero-order valence-electron chi connectivity index (χ0n) is 13.8. The Morgan fingerprint density at radius 1 is 1.21 bits per heavy atom. The van der Waals surface area contributed by atoms with E-state index in [1.54, 1.807) is 0 Å². The van der Waals surface area contributed by atoms with E-state index in [9.17, 15) is 9.90 Å². The van der Waals surface area contributed by atoms with Crippen LogP contribution in [0.1, 0.15) is 66.7 Å². The van der Waals surface area contributed by atoms with Gasteiger partial charge in [0, 0.05) is 12.0 Å². The van der Waals surface area contributed by atoms with E-state index in [0.29, 0.717) is 13.8 Å². The van der Waals surface area contributed by atoms with Crippen LogP contribution >= 0.6 is 0 Å². The lowest BCUT2D eigenvalue weighted by atomic mass is 9.63. The van der Waals surface area contributed by atoms with Crippen LogP contribution in [0, 0.1) is 5.41 Å². The lowest BCUT2D eigenvalue weighted by Gasteiger charge is -2.38. The van der Waals surface area contributed by atoms with Crippen molar-refractivity contribution in [1.82, 2.24) is 4.81 Å². The summed E-state index contributed by atoms with van der Waals surface area (Å²) in [7, 11) is 2.70. The van der Waals surface area contributed by atoms with E-state index in [1.165, 1.54) is 0 Å². The molecule has 0 aliphatic carbocycles. The smallest absolute Gasteiger partial charge is 0.165 e. The molecule has 0 aromatic carbocycles. The van der Waals surface area contributed by atoms with Gasteiger partial charge in [-0.1, -0.05) is 40.5 Å². The summed E-state index contributed by atoms with van der Waals surface area (Å²) in [6, 6.07) is 0. The number of Topliss-reactive ketones (excluding diaryl/α,β-unsaturated/α-hetero) is 1. The predicted molar refractivity (Wildman–Crippen MR) is 86.2 cm³/mol. The average Bonchev–Trinajstić information content (AvgIpc) is 2.32. The summed E-state index contributed by atoms with van der Waals surface area (Å²) in [6.07, 6.45) is 4.68. The second-order valence-corrected chi connectivity index (χ2v) is 6.39. The van der Waals surface area contributed by atoms with Crippen LogP contribution in [0.4, 0.5) is 0 Å². The van der Waals surface area contributed by atoms with Gasteiger partial charge in [0.05, 0.1) is 7.74 Å². The van der Waals surface area contributed by atoms with E-state index < -0.39 is 5.72 Å². The summed E-state index contributed by atoms with van der Waals surface area (Å²) in [6.45, 7) is 10.4. The Bertz CT molecular complexity index is 281. The van der Waals surface area contributed by atoms with Gasteiger partial charge < -0.3 is 9.92 Å². The summed E-state index contributed by atoms with van der Waals surface area (Å²) in [4.78, 5) is 14.3. The van der Waals surface area contributed by atoms with Crippen molar-refractivity contribution >= 4 is 20.8 Å². The fourth-order valence-electron chi connectivity index (χ4n) is 2.44. The molecule has 0 amide bonds. The van der Waals surface area contributed by atoms with Crippen LogP contribution in [-0.4, -0.2) is 43.0 Å². The first-order chi connectivity index (χ1) is 8.71. The Hall–Kier alpha value is -0.280. The van der Waals surface area contributed by atoms with Gasteiger partial charge in [-0.25, -0.2) is 0 Å². The number of nitrogens with zero attached hydrogens (tertiary/aromatic N) is 1. The molecule has 0 rings (SSSR count). The Balaban J connectivity index is 4.67. The van der Waals surface area contributed by atoms with Gasteiger partial charge in [-0.2, -0.15) is 0 Å². The van der Waals surface area contributed by atoms with Crippen LogP contribution in [0.25, 0.3) is 0 Å².